The van der Waals surface area contributed by atoms with Gasteiger partial charge in [-0.15, -0.1) is 0 Å². The Hall–Kier alpha value is -2.58. The number of anilines is 1. The fraction of sp³-hybridized carbons (Fsp3) is 0.278. The summed E-state index contributed by atoms with van der Waals surface area (Å²) in [5.41, 5.74) is 1.42. The molecule has 0 aliphatic heterocycles. The van der Waals surface area contributed by atoms with Crippen molar-refractivity contribution >= 4 is 29.2 Å². The normalized spacial score (nSPS) is 10.8. The van der Waals surface area contributed by atoms with E-state index in [1.54, 1.807) is 30.4 Å². The average molecular weight is 347 g/mol. The molecule has 0 spiro atoms. The maximum Gasteiger partial charge on any atom is 0.331 e. The van der Waals surface area contributed by atoms with Crippen LogP contribution < -0.4 is 4.90 Å². The lowest BCUT2D eigenvalue weighted by Crippen LogP contribution is -2.35. The highest BCUT2D eigenvalue weighted by Crippen LogP contribution is 2.23. The summed E-state index contributed by atoms with van der Waals surface area (Å²) in [5.74, 6) is -1.01. The van der Waals surface area contributed by atoms with E-state index in [9.17, 15) is 9.59 Å². The monoisotopic (exact) mass is 346 g/mol. The Morgan fingerprint density at radius 3 is 2.75 bits per heavy atom. The first-order valence-electron chi connectivity index (χ1n) is 7.39. The summed E-state index contributed by atoms with van der Waals surface area (Å²) in [6, 6.07) is 7.13. The van der Waals surface area contributed by atoms with E-state index < -0.39 is 18.5 Å². The molecule has 0 aliphatic rings. The molecule has 1 amide bonds. The fourth-order valence-electron chi connectivity index (χ4n) is 1.86. The molecule has 0 unspecified atom stereocenters. The number of rotatable bonds is 7. The van der Waals surface area contributed by atoms with Crippen molar-refractivity contribution in [3.8, 4) is 6.07 Å². The van der Waals surface area contributed by atoms with Crippen molar-refractivity contribution in [2.75, 3.05) is 18.1 Å². The van der Waals surface area contributed by atoms with Crippen LogP contribution in [-0.4, -0.2) is 25.0 Å². The van der Waals surface area contributed by atoms with E-state index in [0.29, 0.717) is 10.7 Å². The quantitative estimate of drug-likeness (QED) is 0.430. The molecule has 0 bridgehead atoms. The predicted molar refractivity (Wildman–Crippen MR) is 93.7 cm³/mol. The Labute approximate surface area is 146 Å². The van der Waals surface area contributed by atoms with Gasteiger partial charge in [0.15, 0.2) is 6.61 Å². The second-order valence-corrected chi connectivity index (χ2v) is 5.29. The summed E-state index contributed by atoms with van der Waals surface area (Å²) >= 11 is 5.99. The summed E-state index contributed by atoms with van der Waals surface area (Å²) in [6.07, 6.45) is 6.38. The lowest BCUT2D eigenvalue weighted by atomic mass is 10.2. The molecule has 1 aromatic carbocycles. The predicted octanol–water partition coefficient (Wildman–Crippen LogP) is 3.57. The second-order valence-electron chi connectivity index (χ2n) is 4.88. The molecule has 0 atom stereocenters. The molecule has 0 aliphatic carbocycles. The first-order chi connectivity index (χ1) is 11.5. The number of aryl methyl sites for hydroxylation is 1. The van der Waals surface area contributed by atoms with Gasteiger partial charge in [0.1, 0.15) is 0 Å². The fourth-order valence-corrected chi connectivity index (χ4v) is 1.98. The van der Waals surface area contributed by atoms with Crippen LogP contribution >= 0.6 is 11.6 Å². The SMILES string of the molecule is C/C=C/C=C/C(=O)OCC(=O)N(CCC#N)c1ccc(Cl)c(C)c1. The van der Waals surface area contributed by atoms with Crippen LogP contribution in [0, 0.1) is 18.3 Å². The van der Waals surface area contributed by atoms with Gasteiger partial charge in [0.2, 0.25) is 0 Å². The van der Waals surface area contributed by atoms with Gasteiger partial charge < -0.3 is 9.64 Å². The van der Waals surface area contributed by atoms with Gasteiger partial charge in [-0.25, -0.2) is 4.79 Å². The first kappa shape index (κ1) is 19.5. The lowest BCUT2D eigenvalue weighted by Gasteiger charge is -2.22. The van der Waals surface area contributed by atoms with E-state index >= 15 is 0 Å². The number of nitrogens with zero attached hydrogens (tertiary/aromatic N) is 2. The molecule has 0 fully saturated rings. The molecule has 126 valence electrons. The van der Waals surface area contributed by atoms with E-state index in [0.717, 1.165) is 5.56 Å². The van der Waals surface area contributed by atoms with Gasteiger partial charge in [-0.3, -0.25) is 4.79 Å². The number of esters is 1. The average Bonchev–Trinajstić information content (AvgIpc) is 2.56. The Bertz CT molecular complexity index is 690. The molecule has 6 heteroatoms. The highest BCUT2D eigenvalue weighted by Gasteiger charge is 2.17. The number of hydrogen-bond acceptors (Lipinski definition) is 4. The van der Waals surface area contributed by atoms with Crippen molar-refractivity contribution in [1.29, 1.82) is 5.26 Å². The van der Waals surface area contributed by atoms with E-state index in [2.05, 4.69) is 0 Å². The third-order valence-corrected chi connectivity index (χ3v) is 3.50. The summed E-state index contributed by atoms with van der Waals surface area (Å²) < 4.78 is 4.93. The Kier molecular flexibility index (Phi) is 8.31. The summed E-state index contributed by atoms with van der Waals surface area (Å²) in [5, 5.41) is 9.36. The third kappa shape index (κ3) is 6.27. The number of nitriles is 1. The van der Waals surface area contributed by atoms with Crippen LogP contribution in [0.3, 0.4) is 0 Å². The highest BCUT2D eigenvalue weighted by atomic mass is 35.5. The number of carbonyl (C=O) groups is 2. The van der Waals surface area contributed by atoms with Gasteiger partial charge >= 0.3 is 5.97 Å². The van der Waals surface area contributed by atoms with E-state index in [4.69, 9.17) is 21.6 Å². The van der Waals surface area contributed by atoms with E-state index in [1.165, 1.54) is 17.1 Å². The van der Waals surface area contributed by atoms with Crippen molar-refractivity contribution in [2.24, 2.45) is 0 Å². The van der Waals surface area contributed by atoms with Gasteiger partial charge in [0.25, 0.3) is 5.91 Å². The largest absolute Gasteiger partial charge is 0.452 e. The lowest BCUT2D eigenvalue weighted by molar-refractivity contribution is -0.142. The molecule has 1 aromatic rings. The maximum atomic E-state index is 12.3. The third-order valence-electron chi connectivity index (χ3n) is 3.08. The van der Waals surface area contributed by atoms with Crippen molar-refractivity contribution in [1.82, 2.24) is 0 Å². The van der Waals surface area contributed by atoms with Gasteiger partial charge in [-0.1, -0.05) is 29.8 Å². The topological polar surface area (TPSA) is 70.4 Å². The van der Waals surface area contributed by atoms with E-state index in [1.807, 2.05) is 19.9 Å². The molecule has 5 nitrogen and oxygen atoms in total. The number of halogens is 1. The van der Waals surface area contributed by atoms with Crippen LogP contribution in [0.2, 0.25) is 5.02 Å². The molecule has 1 rings (SSSR count). The van der Waals surface area contributed by atoms with Crippen molar-refractivity contribution < 1.29 is 14.3 Å². The molecule has 0 saturated carbocycles. The van der Waals surface area contributed by atoms with Crippen molar-refractivity contribution in [2.45, 2.75) is 20.3 Å². The Morgan fingerprint density at radius 2 is 2.12 bits per heavy atom. The molecule has 0 heterocycles. The first-order valence-corrected chi connectivity index (χ1v) is 7.77. The molecular weight excluding hydrogens is 328 g/mol. The standard InChI is InChI=1S/C18H19ClN2O3/c1-3-4-5-7-18(23)24-13-17(22)21(11-6-10-20)15-8-9-16(19)14(2)12-15/h3-5,7-9,12H,6,11,13H2,1-2H3/b4-3+,7-5+. The van der Waals surface area contributed by atoms with Gasteiger partial charge in [0, 0.05) is 23.3 Å². The van der Waals surface area contributed by atoms with E-state index in [-0.39, 0.29) is 13.0 Å². The minimum atomic E-state index is -0.603. The van der Waals surface area contributed by atoms with Crippen LogP contribution in [0.4, 0.5) is 5.69 Å². The number of benzene rings is 1. The minimum absolute atomic E-state index is 0.169. The zero-order valence-corrected chi connectivity index (χ0v) is 14.4. The molecule has 0 saturated heterocycles. The minimum Gasteiger partial charge on any atom is -0.452 e. The Morgan fingerprint density at radius 1 is 1.38 bits per heavy atom. The smallest absolute Gasteiger partial charge is 0.331 e. The van der Waals surface area contributed by atoms with Crippen molar-refractivity contribution in [3.05, 3.63) is 53.1 Å². The summed E-state index contributed by atoms with van der Waals surface area (Å²) in [6.45, 7) is 3.46. The number of carbonyl (C=O) groups excluding carboxylic acids is 2. The highest BCUT2D eigenvalue weighted by molar-refractivity contribution is 6.31. The van der Waals surface area contributed by atoms with Gasteiger partial charge in [-0.05, 0) is 37.6 Å². The summed E-state index contributed by atoms with van der Waals surface area (Å²) in [7, 11) is 0. The van der Waals surface area contributed by atoms with Gasteiger partial charge in [-0.2, -0.15) is 5.26 Å². The maximum absolute atomic E-state index is 12.3. The van der Waals surface area contributed by atoms with Gasteiger partial charge in [0.05, 0.1) is 12.5 Å². The summed E-state index contributed by atoms with van der Waals surface area (Å²) in [4.78, 5) is 25.3. The Balaban J connectivity index is 2.80. The zero-order valence-electron chi connectivity index (χ0n) is 13.7. The molecule has 24 heavy (non-hydrogen) atoms. The molecule has 0 radical (unpaired) electrons. The second kappa shape index (κ2) is 10.2. The molecule has 0 aromatic heterocycles. The zero-order chi connectivity index (χ0) is 17.9. The number of amides is 1. The number of ether oxygens (including phenoxy) is 1. The van der Waals surface area contributed by atoms with Crippen LogP contribution in [0.25, 0.3) is 0 Å². The van der Waals surface area contributed by atoms with Crippen LogP contribution in [-0.2, 0) is 14.3 Å². The van der Waals surface area contributed by atoms with Crippen molar-refractivity contribution in [3.63, 3.8) is 0 Å². The number of allylic oxidation sites excluding steroid dienone is 3. The van der Waals surface area contributed by atoms with Crippen LogP contribution in [0.15, 0.2) is 42.5 Å². The molecule has 0 N–H and O–H groups in total. The van der Waals surface area contributed by atoms with Crippen LogP contribution in [0.1, 0.15) is 18.9 Å². The molecular formula is C18H19ClN2O3. The van der Waals surface area contributed by atoms with Crippen LogP contribution in [0.5, 0.6) is 0 Å². The number of hydrogen-bond donors (Lipinski definition) is 0.